The van der Waals surface area contributed by atoms with Crippen molar-refractivity contribution in [2.24, 2.45) is 17.8 Å². The van der Waals surface area contributed by atoms with Crippen LogP contribution in [0.25, 0.3) is 0 Å². The molecule has 4 atom stereocenters. The Morgan fingerprint density at radius 2 is 1.82 bits per heavy atom. The van der Waals surface area contributed by atoms with E-state index in [2.05, 4.69) is 19.2 Å². The maximum absolute atomic E-state index is 3.73. The van der Waals surface area contributed by atoms with Gasteiger partial charge in [0.15, 0.2) is 0 Å². The third-order valence-corrected chi connectivity index (χ3v) is 5.25. The van der Waals surface area contributed by atoms with E-state index in [1.165, 1.54) is 64.3 Å². The van der Waals surface area contributed by atoms with Gasteiger partial charge in [0.2, 0.25) is 0 Å². The van der Waals surface area contributed by atoms with Gasteiger partial charge in [-0.3, -0.25) is 0 Å². The quantitative estimate of drug-likeness (QED) is 0.748. The van der Waals surface area contributed by atoms with Crippen LogP contribution in [0.4, 0.5) is 0 Å². The molecule has 1 nitrogen and oxygen atoms in total. The average molecular weight is 237 g/mol. The predicted octanol–water partition coefficient (Wildman–Crippen LogP) is 4.37. The molecular formula is C16H31N. The van der Waals surface area contributed by atoms with Crippen molar-refractivity contribution in [2.75, 3.05) is 6.54 Å². The standard InChI is InChI=1S/C16H31N/c1-3-11-17-15-10-9-14(12-15)16-8-6-5-7-13(16)4-2/h13-17H,3-12H2,1-2H3. The Hall–Kier alpha value is -0.0400. The highest BCUT2D eigenvalue weighted by Crippen LogP contribution is 2.43. The van der Waals surface area contributed by atoms with Gasteiger partial charge in [-0.25, -0.2) is 0 Å². The fourth-order valence-corrected chi connectivity index (χ4v) is 4.30. The third kappa shape index (κ3) is 3.47. The van der Waals surface area contributed by atoms with Crippen molar-refractivity contribution in [1.29, 1.82) is 0 Å². The van der Waals surface area contributed by atoms with E-state index in [0.29, 0.717) is 0 Å². The third-order valence-electron chi connectivity index (χ3n) is 5.25. The van der Waals surface area contributed by atoms with Gasteiger partial charge in [-0.1, -0.05) is 39.5 Å². The molecule has 0 amide bonds. The lowest BCUT2D eigenvalue weighted by atomic mass is 9.71. The van der Waals surface area contributed by atoms with Crippen molar-refractivity contribution >= 4 is 0 Å². The molecule has 0 bridgehead atoms. The summed E-state index contributed by atoms with van der Waals surface area (Å²) in [6.45, 7) is 5.90. The van der Waals surface area contributed by atoms with E-state index in [0.717, 1.165) is 23.8 Å². The molecule has 2 aliphatic rings. The molecule has 2 rings (SSSR count). The summed E-state index contributed by atoms with van der Waals surface area (Å²) in [5.74, 6) is 3.18. The van der Waals surface area contributed by atoms with Crippen LogP contribution < -0.4 is 5.32 Å². The molecule has 1 N–H and O–H groups in total. The van der Waals surface area contributed by atoms with Crippen LogP contribution in [0.15, 0.2) is 0 Å². The van der Waals surface area contributed by atoms with E-state index in [-0.39, 0.29) is 0 Å². The molecule has 17 heavy (non-hydrogen) atoms. The molecule has 0 aromatic heterocycles. The molecule has 0 radical (unpaired) electrons. The second-order valence-electron chi connectivity index (χ2n) is 6.34. The number of nitrogens with one attached hydrogen (secondary N) is 1. The van der Waals surface area contributed by atoms with Crippen LogP contribution >= 0.6 is 0 Å². The van der Waals surface area contributed by atoms with Crippen LogP contribution in [0.2, 0.25) is 0 Å². The Kier molecular flexibility index (Phi) is 5.34. The molecule has 0 heterocycles. The van der Waals surface area contributed by atoms with E-state index in [1.54, 1.807) is 0 Å². The van der Waals surface area contributed by atoms with Crippen molar-refractivity contribution in [3.63, 3.8) is 0 Å². The highest BCUT2D eigenvalue weighted by Gasteiger charge is 2.35. The SMILES string of the molecule is CCCNC1CCC(C2CCCCC2CC)C1. The minimum atomic E-state index is 0.847. The average Bonchev–Trinajstić information content (AvgIpc) is 2.85. The van der Waals surface area contributed by atoms with Crippen molar-refractivity contribution in [2.45, 2.75) is 77.7 Å². The fraction of sp³-hybridized carbons (Fsp3) is 1.00. The van der Waals surface area contributed by atoms with Crippen LogP contribution in [0, 0.1) is 17.8 Å². The van der Waals surface area contributed by atoms with Gasteiger partial charge in [0.05, 0.1) is 0 Å². The summed E-state index contributed by atoms with van der Waals surface area (Å²) in [6.07, 6.45) is 13.2. The Labute approximate surface area is 108 Å². The molecule has 0 saturated heterocycles. The molecule has 0 spiro atoms. The molecule has 2 aliphatic carbocycles. The van der Waals surface area contributed by atoms with Crippen molar-refractivity contribution in [3.8, 4) is 0 Å². The van der Waals surface area contributed by atoms with Gasteiger partial charge in [-0.2, -0.15) is 0 Å². The first-order valence-corrected chi connectivity index (χ1v) is 8.08. The first-order valence-electron chi connectivity index (χ1n) is 8.08. The number of hydrogen-bond donors (Lipinski definition) is 1. The van der Waals surface area contributed by atoms with Gasteiger partial charge in [-0.05, 0) is 56.4 Å². The molecule has 4 unspecified atom stereocenters. The first-order chi connectivity index (χ1) is 8.35. The summed E-state index contributed by atoms with van der Waals surface area (Å²) in [7, 11) is 0. The van der Waals surface area contributed by atoms with E-state index in [1.807, 2.05) is 0 Å². The Morgan fingerprint density at radius 3 is 2.59 bits per heavy atom. The van der Waals surface area contributed by atoms with Gasteiger partial charge in [0, 0.05) is 6.04 Å². The van der Waals surface area contributed by atoms with Crippen LogP contribution in [0.5, 0.6) is 0 Å². The Bertz CT molecular complexity index is 214. The molecule has 1 heteroatoms. The predicted molar refractivity (Wildman–Crippen MR) is 75.2 cm³/mol. The zero-order valence-electron chi connectivity index (χ0n) is 11.9. The topological polar surface area (TPSA) is 12.0 Å². The van der Waals surface area contributed by atoms with Gasteiger partial charge < -0.3 is 5.32 Å². The largest absolute Gasteiger partial charge is 0.314 e. The van der Waals surface area contributed by atoms with Gasteiger partial charge in [0.25, 0.3) is 0 Å². The number of rotatable bonds is 5. The highest BCUT2D eigenvalue weighted by molar-refractivity contribution is 4.88. The van der Waals surface area contributed by atoms with Crippen LogP contribution in [-0.2, 0) is 0 Å². The highest BCUT2D eigenvalue weighted by atomic mass is 14.9. The molecular weight excluding hydrogens is 206 g/mol. The monoisotopic (exact) mass is 237 g/mol. The molecule has 100 valence electrons. The Morgan fingerprint density at radius 1 is 1.00 bits per heavy atom. The van der Waals surface area contributed by atoms with Crippen molar-refractivity contribution < 1.29 is 0 Å². The zero-order chi connectivity index (χ0) is 12.1. The van der Waals surface area contributed by atoms with Crippen LogP contribution in [0.3, 0.4) is 0 Å². The van der Waals surface area contributed by atoms with Crippen molar-refractivity contribution in [3.05, 3.63) is 0 Å². The maximum atomic E-state index is 3.73. The zero-order valence-corrected chi connectivity index (χ0v) is 11.9. The molecule has 0 aromatic carbocycles. The lowest BCUT2D eigenvalue weighted by molar-refractivity contribution is 0.156. The lowest BCUT2D eigenvalue weighted by Gasteiger charge is -2.35. The number of hydrogen-bond acceptors (Lipinski definition) is 1. The molecule has 0 aromatic rings. The summed E-state index contributed by atoms with van der Waals surface area (Å²) in [5, 5.41) is 3.73. The van der Waals surface area contributed by atoms with Crippen LogP contribution in [0.1, 0.15) is 71.6 Å². The minimum Gasteiger partial charge on any atom is -0.314 e. The van der Waals surface area contributed by atoms with E-state index in [4.69, 9.17) is 0 Å². The van der Waals surface area contributed by atoms with E-state index in [9.17, 15) is 0 Å². The maximum Gasteiger partial charge on any atom is 0.00699 e. The second kappa shape index (κ2) is 6.78. The van der Waals surface area contributed by atoms with Gasteiger partial charge in [0.1, 0.15) is 0 Å². The summed E-state index contributed by atoms with van der Waals surface area (Å²) in [5.41, 5.74) is 0. The second-order valence-corrected chi connectivity index (χ2v) is 6.34. The summed E-state index contributed by atoms with van der Waals surface area (Å²) >= 11 is 0. The fourth-order valence-electron chi connectivity index (χ4n) is 4.30. The van der Waals surface area contributed by atoms with Gasteiger partial charge >= 0.3 is 0 Å². The smallest absolute Gasteiger partial charge is 0.00699 e. The molecule has 2 fully saturated rings. The summed E-state index contributed by atoms with van der Waals surface area (Å²) < 4.78 is 0. The first kappa shape index (κ1) is 13.4. The van der Waals surface area contributed by atoms with E-state index >= 15 is 0 Å². The lowest BCUT2D eigenvalue weighted by Crippen LogP contribution is -2.29. The minimum absolute atomic E-state index is 0.847. The van der Waals surface area contributed by atoms with E-state index < -0.39 is 0 Å². The molecule has 0 aliphatic heterocycles. The normalized spacial score (nSPS) is 38.5. The van der Waals surface area contributed by atoms with Crippen LogP contribution in [-0.4, -0.2) is 12.6 Å². The molecule has 2 saturated carbocycles. The van der Waals surface area contributed by atoms with Gasteiger partial charge in [-0.15, -0.1) is 0 Å². The van der Waals surface area contributed by atoms with Crippen molar-refractivity contribution in [1.82, 2.24) is 5.32 Å². The Balaban J connectivity index is 1.81. The summed E-state index contributed by atoms with van der Waals surface area (Å²) in [6, 6.07) is 0.847. The summed E-state index contributed by atoms with van der Waals surface area (Å²) in [4.78, 5) is 0.